The summed E-state index contributed by atoms with van der Waals surface area (Å²) < 4.78 is 0. The Kier molecular flexibility index (Phi) is 6.47. The van der Waals surface area contributed by atoms with Gasteiger partial charge in [0.05, 0.1) is 12.6 Å². The maximum Gasteiger partial charge on any atom is 0.234 e. The van der Waals surface area contributed by atoms with Crippen LogP contribution in [0.15, 0.2) is 6.20 Å². The SMILES string of the molecule is CNCC(=O)NC(C)c1ncc(C)s1.Cl. The van der Waals surface area contributed by atoms with Crippen molar-refractivity contribution in [2.75, 3.05) is 13.6 Å². The van der Waals surface area contributed by atoms with Crippen LogP contribution in [-0.4, -0.2) is 24.5 Å². The Labute approximate surface area is 99.9 Å². The number of amides is 1. The molecule has 1 aromatic rings. The lowest BCUT2D eigenvalue weighted by molar-refractivity contribution is -0.120. The molecule has 0 aliphatic heterocycles. The van der Waals surface area contributed by atoms with Crippen LogP contribution >= 0.6 is 23.7 Å². The molecule has 1 heterocycles. The largest absolute Gasteiger partial charge is 0.346 e. The van der Waals surface area contributed by atoms with Gasteiger partial charge < -0.3 is 10.6 Å². The number of thiazole rings is 1. The van der Waals surface area contributed by atoms with Gasteiger partial charge in [0.1, 0.15) is 5.01 Å². The van der Waals surface area contributed by atoms with Crippen molar-refractivity contribution in [3.05, 3.63) is 16.1 Å². The maximum atomic E-state index is 11.2. The van der Waals surface area contributed by atoms with Gasteiger partial charge in [-0.15, -0.1) is 23.7 Å². The molecular weight excluding hydrogens is 234 g/mol. The molecular formula is C9H16ClN3OS. The van der Waals surface area contributed by atoms with Gasteiger partial charge >= 0.3 is 0 Å². The second-order valence-corrected chi connectivity index (χ2v) is 4.40. The molecule has 1 rings (SSSR count). The number of aromatic nitrogens is 1. The summed E-state index contributed by atoms with van der Waals surface area (Å²) in [7, 11) is 1.75. The van der Waals surface area contributed by atoms with Crippen molar-refractivity contribution in [2.45, 2.75) is 19.9 Å². The number of hydrogen-bond acceptors (Lipinski definition) is 4. The molecule has 0 spiro atoms. The van der Waals surface area contributed by atoms with E-state index in [1.807, 2.05) is 20.0 Å². The lowest BCUT2D eigenvalue weighted by Crippen LogP contribution is -2.33. The summed E-state index contributed by atoms with van der Waals surface area (Å²) in [5.74, 6) is -0.00662. The van der Waals surface area contributed by atoms with Crippen molar-refractivity contribution in [3.63, 3.8) is 0 Å². The first-order chi connectivity index (χ1) is 6.63. The molecule has 1 unspecified atom stereocenters. The number of hydrogen-bond donors (Lipinski definition) is 2. The maximum absolute atomic E-state index is 11.2. The molecule has 0 bridgehead atoms. The van der Waals surface area contributed by atoms with E-state index in [0.29, 0.717) is 6.54 Å². The number of nitrogens with one attached hydrogen (secondary N) is 2. The van der Waals surface area contributed by atoms with E-state index >= 15 is 0 Å². The van der Waals surface area contributed by atoms with Gasteiger partial charge in [-0.2, -0.15) is 0 Å². The molecule has 0 aliphatic rings. The van der Waals surface area contributed by atoms with Crippen molar-refractivity contribution in [1.82, 2.24) is 15.6 Å². The molecule has 1 aromatic heterocycles. The number of rotatable bonds is 4. The first-order valence-corrected chi connectivity index (χ1v) is 5.31. The minimum absolute atomic E-state index is 0. The van der Waals surface area contributed by atoms with Crippen LogP contribution in [-0.2, 0) is 4.79 Å². The van der Waals surface area contributed by atoms with E-state index in [1.54, 1.807) is 18.4 Å². The average Bonchev–Trinajstić information content (AvgIpc) is 2.52. The van der Waals surface area contributed by atoms with E-state index in [-0.39, 0.29) is 24.4 Å². The van der Waals surface area contributed by atoms with Crippen LogP contribution in [0.5, 0.6) is 0 Å². The summed E-state index contributed by atoms with van der Waals surface area (Å²) in [5.41, 5.74) is 0. The van der Waals surface area contributed by atoms with E-state index in [4.69, 9.17) is 0 Å². The predicted octanol–water partition coefficient (Wildman–Crippen LogP) is 1.27. The number of nitrogens with zero attached hydrogens (tertiary/aromatic N) is 1. The summed E-state index contributed by atoms with van der Waals surface area (Å²) in [5, 5.41) is 6.61. The first-order valence-electron chi connectivity index (χ1n) is 4.49. The summed E-state index contributed by atoms with van der Waals surface area (Å²) >= 11 is 1.61. The van der Waals surface area contributed by atoms with Crippen LogP contribution in [0, 0.1) is 6.92 Å². The highest BCUT2D eigenvalue weighted by Gasteiger charge is 2.11. The Morgan fingerprint density at radius 2 is 2.33 bits per heavy atom. The molecule has 0 saturated carbocycles. The van der Waals surface area contributed by atoms with Crippen molar-refractivity contribution < 1.29 is 4.79 Å². The number of halogens is 1. The normalized spacial score (nSPS) is 11.7. The molecule has 1 atom stereocenters. The predicted molar refractivity (Wildman–Crippen MR) is 64.6 cm³/mol. The van der Waals surface area contributed by atoms with E-state index in [9.17, 15) is 4.79 Å². The molecule has 0 fully saturated rings. The minimum atomic E-state index is -0.00662. The van der Waals surface area contributed by atoms with Crippen LogP contribution in [0.3, 0.4) is 0 Å². The molecule has 6 heteroatoms. The average molecular weight is 250 g/mol. The Balaban J connectivity index is 0.00000196. The summed E-state index contributed by atoms with van der Waals surface area (Å²) in [6.45, 7) is 4.28. The van der Waals surface area contributed by atoms with Crippen LogP contribution < -0.4 is 10.6 Å². The second-order valence-electron chi connectivity index (χ2n) is 3.13. The van der Waals surface area contributed by atoms with Gasteiger partial charge in [0.2, 0.25) is 5.91 Å². The number of likely N-dealkylation sites (N-methyl/N-ethyl adjacent to an activating group) is 1. The summed E-state index contributed by atoms with van der Waals surface area (Å²) in [6, 6.07) is -0.00505. The van der Waals surface area contributed by atoms with Crippen molar-refractivity contribution in [2.24, 2.45) is 0 Å². The van der Waals surface area contributed by atoms with Crippen LogP contribution in [0.25, 0.3) is 0 Å². The van der Waals surface area contributed by atoms with Crippen molar-refractivity contribution >= 4 is 29.7 Å². The number of carbonyl (C=O) groups is 1. The van der Waals surface area contributed by atoms with Crippen molar-refractivity contribution in [1.29, 1.82) is 0 Å². The number of carbonyl (C=O) groups excluding carboxylic acids is 1. The second kappa shape index (κ2) is 6.76. The molecule has 15 heavy (non-hydrogen) atoms. The zero-order valence-corrected chi connectivity index (χ0v) is 10.7. The molecule has 1 amide bonds. The zero-order chi connectivity index (χ0) is 10.6. The Bertz CT molecular complexity index is 316. The highest BCUT2D eigenvalue weighted by molar-refractivity contribution is 7.11. The molecule has 0 aromatic carbocycles. The van der Waals surface area contributed by atoms with Crippen LogP contribution in [0.4, 0.5) is 0 Å². The molecule has 0 aliphatic carbocycles. The Morgan fingerprint density at radius 3 is 2.80 bits per heavy atom. The minimum Gasteiger partial charge on any atom is -0.346 e. The lowest BCUT2D eigenvalue weighted by atomic mass is 10.3. The topological polar surface area (TPSA) is 54.0 Å². The van der Waals surface area contributed by atoms with Crippen LogP contribution in [0.2, 0.25) is 0 Å². The fourth-order valence-corrected chi connectivity index (χ4v) is 1.86. The van der Waals surface area contributed by atoms with Gasteiger partial charge in [-0.3, -0.25) is 4.79 Å². The van der Waals surface area contributed by atoms with E-state index in [1.165, 1.54) is 0 Å². The van der Waals surface area contributed by atoms with E-state index in [0.717, 1.165) is 9.88 Å². The molecule has 86 valence electrons. The highest BCUT2D eigenvalue weighted by atomic mass is 35.5. The van der Waals surface area contributed by atoms with Gasteiger partial charge in [-0.05, 0) is 20.9 Å². The molecule has 0 radical (unpaired) electrons. The molecule has 0 saturated heterocycles. The third kappa shape index (κ3) is 4.59. The third-order valence-corrected chi connectivity index (χ3v) is 2.82. The van der Waals surface area contributed by atoms with Crippen LogP contribution in [0.1, 0.15) is 22.9 Å². The van der Waals surface area contributed by atoms with E-state index < -0.39 is 0 Å². The third-order valence-electron chi connectivity index (χ3n) is 1.72. The Morgan fingerprint density at radius 1 is 1.67 bits per heavy atom. The van der Waals surface area contributed by atoms with Crippen molar-refractivity contribution in [3.8, 4) is 0 Å². The Hall–Kier alpha value is -0.650. The number of aryl methyl sites for hydroxylation is 1. The summed E-state index contributed by atoms with van der Waals surface area (Å²) in [6.07, 6.45) is 1.82. The van der Waals surface area contributed by atoms with Gasteiger partial charge in [-0.25, -0.2) is 4.98 Å². The van der Waals surface area contributed by atoms with Gasteiger partial charge in [0.25, 0.3) is 0 Å². The first kappa shape index (κ1) is 14.3. The highest BCUT2D eigenvalue weighted by Crippen LogP contribution is 2.18. The molecule has 2 N–H and O–H groups in total. The lowest BCUT2D eigenvalue weighted by Gasteiger charge is -2.10. The fraction of sp³-hybridized carbons (Fsp3) is 0.556. The fourth-order valence-electron chi connectivity index (χ4n) is 1.09. The van der Waals surface area contributed by atoms with Gasteiger partial charge in [-0.1, -0.05) is 0 Å². The molecule has 4 nitrogen and oxygen atoms in total. The van der Waals surface area contributed by atoms with Gasteiger partial charge in [0.15, 0.2) is 0 Å². The standard InChI is InChI=1S/C9H15N3OS.ClH/c1-6-4-11-9(14-6)7(2)12-8(13)5-10-3;/h4,7,10H,5H2,1-3H3,(H,12,13);1H. The van der Waals surface area contributed by atoms with E-state index in [2.05, 4.69) is 15.6 Å². The summed E-state index contributed by atoms with van der Waals surface area (Å²) in [4.78, 5) is 16.6. The monoisotopic (exact) mass is 249 g/mol. The zero-order valence-electron chi connectivity index (χ0n) is 9.03. The smallest absolute Gasteiger partial charge is 0.234 e. The van der Waals surface area contributed by atoms with Gasteiger partial charge in [0, 0.05) is 11.1 Å². The quantitative estimate of drug-likeness (QED) is 0.845.